The van der Waals surface area contributed by atoms with E-state index < -0.39 is 0 Å². The van der Waals surface area contributed by atoms with E-state index in [9.17, 15) is 4.79 Å². The van der Waals surface area contributed by atoms with Gasteiger partial charge in [0.1, 0.15) is 0 Å². The molecular formula is C19H35NO4. The topological polar surface area (TPSA) is 56.8 Å². The normalized spacial score (nSPS) is 33.8. The van der Waals surface area contributed by atoms with Crippen molar-refractivity contribution in [3.05, 3.63) is 0 Å². The van der Waals surface area contributed by atoms with E-state index in [0.29, 0.717) is 31.2 Å². The number of unbranched alkanes of at least 4 members (excludes halogenated alkanes) is 1. The summed E-state index contributed by atoms with van der Waals surface area (Å²) in [6.45, 7) is 8.38. The number of esters is 1. The molecule has 0 aromatic heterocycles. The fourth-order valence-electron chi connectivity index (χ4n) is 4.05. The summed E-state index contributed by atoms with van der Waals surface area (Å²) in [6.07, 6.45) is 5.86. The van der Waals surface area contributed by atoms with Gasteiger partial charge in [-0.2, -0.15) is 0 Å². The molecule has 0 unspecified atom stereocenters. The summed E-state index contributed by atoms with van der Waals surface area (Å²) in [5.74, 6) is 0.303. The van der Waals surface area contributed by atoms with Gasteiger partial charge < -0.3 is 19.5 Å². The minimum Gasteiger partial charge on any atom is -0.465 e. The summed E-state index contributed by atoms with van der Waals surface area (Å²) < 4.78 is 16.6. The van der Waals surface area contributed by atoms with Gasteiger partial charge in [0, 0.05) is 25.8 Å². The maximum absolute atomic E-state index is 12.7. The van der Waals surface area contributed by atoms with Crippen LogP contribution in [0.4, 0.5) is 0 Å². The Balaban J connectivity index is 1.95. The molecule has 2 fully saturated rings. The van der Waals surface area contributed by atoms with Gasteiger partial charge in [0.05, 0.1) is 24.7 Å². The molecule has 0 amide bonds. The molecule has 0 aromatic rings. The Morgan fingerprint density at radius 1 is 1.38 bits per heavy atom. The highest BCUT2D eigenvalue weighted by molar-refractivity contribution is 5.77. The Morgan fingerprint density at radius 2 is 2.17 bits per heavy atom. The molecule has 140 valence electrons. The molecule has 1 heterocycles. The third kappa shape index (κ3) is 4.50. The van der Waals surface area contributed by atoms with Crippen molar-refractivity contribution in [1.82, 2.24) is 5.32 Å². The number of methoxy groups -OCH3 is 1. The highest BCUT2D eigenvalue weighted by Gasteiger charge is 2.49. The van der Waals surface area contributed by atoms with Gasteiger partial charge in [0.15, 0.2) is 0 Å². The largest absolute Gasteiger partial charge is 0.465 e. The van der Waals surface area contributed by atoms with E-state index in [1.54, 1.807) is 7.11 Å². The average Bonchev–Trinajstić information content (AvgIpc) is 3.01. The molecule has 4 atom stereocenters. The molecule has 0 spiro atoms. The van der Waals surface area contributed by atoms with Crippen LogP contribution in [0.25, 0.3) is 0 Å². The predicted molar refractivity (Wildman–Crippen MR) is 93.9 cm³/mol. The van der Waals surface area contributed by atoms with Crippen molar-refractivity contribution in [2.24, 2.45) is 11.3 Å². The summed E-state index contributed by atoms with van der Waals surface area (Å²) in [5.41, 5.74) is -0.334. The molecule has 2 rings (SSSR count). The van der Waals surface area contributed by atoms with E-state index in [1.807, 2.05) is 0 Å². The smallest absolute Gasteiger partial charge is 0.312 e. The molecule has 1 aliphatic carbocycles. The Bertz CT molecular complexity index is 401. The lowest BCUT2D eigenvalue weighted by Crippen LogP contribution is -2.51. The first-order valence-electron chi connectivity index (χ1n) is 9.57. The third-order valence-corrected chi connectivity index (χ3v) is 5.85. The first kappa shape index (κ1) is 19.7. The summed E-state index contributed by atoms with van der Waals surface area (Å²) >= 11 is 0. The van der Waals surface area contributed by atoms with Crippen LogP contribution in [0.3, 0.4) is 0 Å². The predicted octanol–water partition coefficient (Wildman–Crippen LogP) is 2.92. The Morgan fingerprint density at radius 3 is 2.83 bits per heavy atom. The van der Waals surface area contributed by atoms with Crippen LogP contribution < -0.4 is 5.32 Å². The third-order valence-electron chi connectivity index (χ3n) is 5.85. The number of carbonyl (C=O) groups is 1. The summed E-state index contributed by atoms with van der Waals surface area (Å²) in [7, 11) is 1.74. The van der Waals surface area contributed by atoms with Gasteiger partial charge in [0.25, 0.3) is 0 Å². The molecule has 1 N–H and O–H groups in total. The number of rotatable bonds is 8. The number of nitrogens with one attached hydrogen (secondary N) is 1. The molecule has 5 nitrogen and oxygen atoms in total. The van der Waals surface area contributed by atoms with Crippen LogP contribution in [-0.2, 0) is 19.0 Å². The van der Waals surface area contributed by atoms with Gasteiger partial charge in [-0.3, -0.25) is 4.79 Å². The molecule has 1 saturated carbocycles. The van der Waals surface area contributed by atoms with Gasteiger partial charge in [0.2, 0.25) is 0 Å². The SMILES string of the molecule is CCCCOC(=O)[C@@]1(C(C)C)CC[C@@H](N[C@@H]2CCOC[C@@H]2OC)C1. The van der Waals surface area contributed by atoms with Crippen LogP contribution in [0.5, 0.6) is 0 Å². The lowest BCUT2D eigenvalue weighted by atomic mass is 9.75. The van der Waals surface area contributed by atoms with E-state index in [1.165, 1.54) is 0 Å². The van der Waals surface area contributed by atoms with Crippen molar-refractivity contribution >= 4 is 5.97 Å². The molecule has 0 bridgehead atoms. The van der Waals surface area contributed by atoms with Crippen molar-refractivity contribution < 1.29 is 19.0 Å². The fraction of sp³-hybridized carbons (Fsp3) is 0.947. The Hall–Kier alpha value is -0.650. The molecule has 24 heavy (non-hydrogen) atoms. The van der Waals surface area contributed by atoms with Crippen LogP contribution in [0.15, 0.2) is 0 Å². The first-order chi connectivity index (χ1) is 11.5. The highest BCUT2D eigenvalue weighted by Crippen LogP contribution is 2.45. The number of carbonyl (C=O) groups excluding carboxylic acids is 1. The maximum Gasteiger partial charge on any atom is 0.312 e. The van der Waals surface area contributed by atoms with E-state index in [0.717, 1.165) is 45.1 Å². The standard InChI is InChI=1S/C19H35NO4/c1-5-6-10-24-18(21)19(14(2)3)9-7-15(12-19)20-16-8-11-23-13-17(16)22-4/h14-17,20H,5-13H2,1-4H3/t15-,16-,17+,19+/m1/s1. The van der Waals surface area contributed by atoms with E-state index >= 15 is 0 Å². The summed E-state index contributed by atoms with van der Waals surface area (Å²) in [5, 5.41) is 3.74. The van der Waals surface area contributed by atoms with E-state index in [2.05, 4.69) is 26.1 Å². The lowest BCUT2D eigenvalue weighted by Gasteiger charge is -2.35. The quantitative estimate of drug-likeness (QED) is 0.543. The fourth-order valence-corrected chi connectivity index (χ4v) is 4.05. The average molecular weight is 341 g/mol. The molecule has 1 aliphatic heterocycles. The zero-order valence-electron chi connectivity index (χ0n) is 15.8. The minimum absolute atomic E-state index is 0.00511. The van der Waals surface area contributed by atoms with Crippen LogP contribution in [-0.4, -0.2) is 51.1 Å². The maximum atomic E-state index is 12.7. The molecular weight excluding hydrogens is 306 g/mol. The molecule has 1 saturated heterocycles. The zero-order chi connectivity index (χ0) is 17.6. The van der Waals surface area contributed by atoms with Crippen molar-refractivity contribution in [3.63, 3.8) is 0 Å². The number of hydrogen-bond donors (Lipinski definition) is 1. The van der Waals surface area contributed by atoms with Crippen molar-refractivity contribution in [2.75, 3.05) is 26.9 Å². The molecule has 5 heteroatoms. The number of ether oxygens (including phenoxy) is 3. The second-order valence-corrected chi connectivity index (χ2v) is 7.65. The lowest BCUT2D eigenvalue weighted by molar-refractivity contribution is -0.159. The Labute approximate surface area is 146 Å². The van der Waals surface area contributed by atoms with Crippen LogP contribution >= 0.6 is 0 Å². The van der Waals surface area contributed by atoms with Gasteiger partial charge in [-0.15, -0.1) is 0 Å². The second-order valence-electron chi connectivity index (χ2n) is 7.65. The first-order valence-corrected chi connectivity index (χ1v) is 9.57. The molecule has 2 aliphatic rings. The van der Waals surface area contributed by atoms with Crippen LogP contribution in [0, 0.1) is 11.3 Å². The van der Waals surface area contributed by atoms with Crippen molar-refractivity contribution in [2.45, 2.75) is 77.5 Å². The zero-order valence-corrected chi connectivity index (χ0v) is 15.8. The van der Waals surface area contributed by atoms with Crippen molar-refractivity contribution in [3.8, 4) is 0 Å². The van der Waals surface area contributed by atoms with Crippen LogP contribution in [0.1, 0.15) is 59.3 Å². The summed E-state index contributed by atoms with van der Waals surface area (Å²) in [6, 6.07) is 0.666. The summed E-state index contributed by atoms with van der Waals surface area (Å²) in [4.78, 5) is 12.7. The monoisotopic (exact) mass is 341 g/mol. The van der Waals surface area contributed by atoms with Gasteiger partial charge in [-0.25, -0.2) is 0 Å². The minimum atomic E-state index is -0.334. The molecule has 0 aromatic carbocycles. The second kappa shape index (κ2) is 9.16. The van der Waals surface area contributed by atoms with Gasteiger partial charge in [-0.1, -0.05) is 27.2 Å². The Kier molecular flexibility index (Phi) is 7.51. The highest BCUT2D eigenvalue weighted by atomic mass is 16.5. The van der Waals surface area contributed by atoms with E-state index in [4.69, 9.17) is 14.2 Å². The van der Waals surface area contributed by atoms with Crippen molar-refractivity contribution in [1.29, 1.82) is 0 Å². The van der Waals surface area contributed by atoms with Gasteiger partial charge >= 0.3 is 5.97 Å². The van der Waals surface area contributed by atoms with Gasteiger partial charge in [-0.05, 0) is 38.0 Å². The number of hydrogen-bond acceptors (Lipinski definition) is 5. The molecule has 0 radical (unpaired) electrons. The van der Waals surface area contributed by atoms with E-state index in [-0.39, 0.29) is 17.5 Å². The van der Waals surface area contributed by atoms with Crippen LogP contribution in [0.2, 0.25) is 0 Å².